The molecule has 1 aliphatic carbocycles. The SMILES string of the molecule is CO[C@@H]1[C@@H](NC(=O)c2ccsc2)c2ccccc2C12CCN(Cc1ccc(F)cc1F)CC2. The van der Waals surface area contributed by atoms with Crippen molar-refractivity contribution in [3.8, 4) is 0 Å². The van der Waals surface area contributed by atoms with Crippen LogP contribution in [0, 0.1) is 11.6 Å². The molecule has 1 aromatic heterocycles. The Morgan fingerprint density at radius 3 is 2.67 bits per heavy atom. The summed E-state index contributed by atoms with van der Waals surface area (Å²) in [6.07, 6.45) is 1.47. The number of fused-ring (bicyclic) bond motifs is 2. The Hall–Kier alpha value is -2.61. The number of halogens is 2. The third-order valence-corrected chi connectivity index (χ3v) is 7.84. The van der Waals surface area contributed by atoms with Gasteiger partial charge < -0.3 is 10.1 Å². The van der Waals surface area contributed by atoms with Crippen LogP contribution in [0.2, 0.25) is 0 Å². The van der Waals surface area contributed by atoms with Gasteiger partial charge in [0.25, 0.3) is 5.91 Å². The molecule has 1 amide bonds. The molecule has 0 radical (unpaired) electrons. The van der Waals surface area contributed by atoms with Crippen molar-refractivity contribution >= 4 is 17.2 Å². The summed E-state index contributed by atoms with van der Waals surface area (Å²) in [4.78, 5) is 15.1. The van der Waals surface area contributed by atoms with Gasteiger partial charge in [0, 0.05) is 36.1 Å². The number of hydrogen-bond donors (Lipinski definition) is 1. The van der Waals surface area contributed by atoms with Crippen molar-refractivity contribution in [3.05, 3.63) is 93.2 Å². The number of carbonyl (C=O) groups is 1. The number of piperidine rings is 1. The van der Waals surface area contributed by atoms with E-state index in [9.17, 15) is 13.6 Å². The summed E-state index contributed by atoms with van der Waals surface area (Å²) in [6, 6.07) is 13.6. The molecule has 1 spiro atoms. The number of ether oxygens (including phenoxy) is 1. The van der Waals surface area contributed by atoms with Gasteiger partial charge in [0.05, 0.1) is 17.7 Å². The molecule has 2 aromatic carbocycles. The Bertz CT molecular complexity index is 1140. The first kappa shape index (κ1) is 22.2. The Morgan fingerprint density at radius 2 is 1.97 bits per heavy atom. The number of thiophene rings is 1. The van der Waals surface area contributed by atoms with Gasteiger partial charge >= 0.3 is 0 Å². The van der Waals surface area contributed by atoms with Gasteiger partial charge in [-0.15, -0.1) is 0 Å². The highest BCUT2D eigenvalue weighted by Gasteiger charge is 2.54. The van der Waals surface area contributed by atoms with Crippen LogP contribution in [0.5, 0.6) is 0 Å². The van der Waals surface area contributed by atoms with E-state index in [1.54, 1.807) is 7.11 Å². The number of likely N-dealkylation sites (tertiary alicyclic amines) is 1. The maximum Gasteiger partial charge on any atom is 0.252 e. The zero-order chi connectivity index (χ0) is 23.0. The summed E-state index contributed by atoms with van der Waals surface area (Å²) < 4.78 is 33.5. The average Bonchev–Trinajstić information content (AvgIpc) is 3.44. The van der Waals surface area contributed by atoms with E-state index in [1.807, 2.05) is 29.0 Å². The third kappa shape index (κ3) is 3.98. The molecule has 33 heavy (non-hydrogen) atoms. The van der Waals surface area contributed by atoms with E-state index in [4.69, 9.17) is 4.74 Å². The van der Waals surface area contributed by atoms with E-state index in [-0.39, 0.29) is 23.5 Å². The van der Waals surface area contributed by atoms with E-state index in [0.717, 1.165) is 37.6 Å². The molecule has 172 valence electrons. The fourth-order valence-corrected chi connectivity index (χ4v) is 6.18. The lowest BCUT2D eigenvalue weighted by molar-refractivity contribution is -0.0123. The van der Waals surface area contributed by atoms with Crippen molar-refractivity contribution in [2.24, 2.45) is 0 Å². The summed E-state index contributed by atoms with van der Waals surface area (Å²) >= 11 is 1.50. The zero-order valence-corrected chi connectivity index (χ0v) is 19.2. The van der Waals surface area contributed by atoms with E-state index in [1.165, 1.54) is 29.0 Å². The molecular formula is C26H26F2N2O2S. The molecular weight excluding hydrogens is 442 g/mol. The first-order valence-corrected chi connectivity index (χ1v) is 12.1. The number of benzene rings is 2. The number of rotatable bonds is 5. The predicted molar refractivity (Wildman–Crippen MR) is 124 cm³/mol. The molecule has 4 nitrogen and oxygen atoms in total. The Morgan fingerprint density at radius 1 is 1.18 bits per heavy atom. The molecule has 2 atom stereocenters. The van der Waals surface area contributed by atoms with Gasteiger partial charge in [-0.25, -0.2) is 8.78 Å². The topological polar surface area (TPSA) is 41.6 Å². The van der Waals surface area contributed by atoms with Crippen molar-refractivity contribution < 1.29 is 18.3 Å². The fraction of sp³-hybridized carbons (Fsp3) is 0.346. The van der Waals surface area contributed by atoms with Crippen LogP contribution in [-0.4, -0.2) is 37.1 Å². The van der Waals surface area contributed by atoms with Crippen molar-refractivity contribution in [2.45, 2.75) is 36.9 Å². The lowest BCUT2D eigenvalue weighted by Crippen LogP contribution is -2.50. The molecule has 0 bridgehead atoms. The number of hydrogen-bond acceptors (Lipinski definition) is 4. The largest absolute Gasteiger partial charge is 0.378 e. The average molecular weight is 469 g/mol. The molecule has 1 aliphatic heterocycles. The van der Waals surface area contributed by atoms with Crippen molar-refractivity contribution in [1.82, 2.24) is 10.2 Å². The standard InChI is InChI=1S/C26H26F2N2O2S/c1-32-24-23(29-25(31)18-8-13-33-16-18)20-4-2-3-5-21(20)26(24)9-11-30(12-10-26)15-17-6-7-19(27)14-22(17)28/h2-8,13-14,16,23-24H,9-12,15H2,1H3,(H,29,31)/t23-,24+/m0/s1. The third-order valence-electron chi connectivity index (χ3n) is 7.16. The van der Waals surface area contributed by atoms with Crippen LogP contribution in [-0.2, 0) is 16.7 Å². The lowest BCUT2D eigenvalue weighted by atomic mass is 9.71. The highest BCUT2D eigenvalue weighted by atomic mass is 32.1. The summed E-state index contributed by atoms with van der Waals surface area (Å²) in [7, 11) is 1.71. The zero-order valence-electron chi connectivity index (χ0n) is 18.4. The minimum Gasteiger partial charge on any atom is -0.378 e. The molecule has 0 unspecified atom stereocenters. The smallest absolute Gasteiger partial charge is 0.252 e. The monoisotopic (exact) mass is 468 g/mol. The van der Waals surface area contributed by atoms with Crippen LogP contribution < -0.4 is 5.32 Å². The molecule has 1 fully saturated rings. The van der Waals surface area contributed by atoms with Crippen molar-refractivity contribution in [2.75, 3.05) is 20.2 Å². The number of nitrogens with one attached hydrogen (secondary N) is 1. The fourth-order valence-electron chi connectivity index (χ4n) is 5.55. The Labute approximate surface area is 196 Å². The second-order valence-corrected chi connectivity index (χ2v) is 9.65. The van der Waals surface area contributed by atoms with Crippen LogP contribution in [0.4, 0.5) is 8.78 Å². The van der Waals surface area contributed by atoms with E-state index in [0.29, 0.717) is 17.7 Å². The summed E-state index contributed by atoms with van der Waals surface area (Å²) in [5.41, 5.74) is 3.26. The Balaban J connectivity index is 1.38. The number of nitrogens with zero attached hydrogens (tertiary/aromatic N) is 1. The second-order valence-electron chi connectivity index (χ2n) is 8.87. The summed E-state index contributed by atoms with van der Waals surface area (Å²) in [5.74, 6) is -1.17. The van der Waals surface area contributed by atoms with Crippen LogP contribution in [0.3, 0.4) is 0 Å². The molecule has 5 rings (SSSR count). The second kappa shape index (κ2) is 8.97. The van der Waals surface area contributed by atoms with E-state index in [2.05, 4.69) is 22.3 Å². The number of amides is 1. The number of carbonyl (C=O) groups excluding carboxylic acids is 1. The van der Waals surface area contributed by atoms with Crippen LogP contribution in [0.25, 0.3) is 0 Å². The maximum absolute atomic E-state index is 14.2. The van der Waals surface area contributed by atoms with Gasteiger partial charge in [0.2, 0.25) is 0 Å². The van der Waals surface area contributed by atoms with Crippen LogP contribution >= 0.6 is 11.3 Å². The van der Waals surface area contributed by atoms with Crippen LogP contribution in [0.15, 0.2) is 59.3 Å². The van der Waals surface area contributed by atoms with Gasteiger partial charge in [-0.05, 0) is 54.6 Å². The first-order chi connectivity index (χ1) is 16.0. The van der Waals surface area contributed by atoms with E-state index >= 15 is 0 Å². The quantitative estimate of drug-likeness (QED) is 0.569. The molecule has 3 aromatic rings. The highest BCUT2D eigenvalue weighted by Crippen LogP contribution is 2.52. The predicted octanol–water partition coefficient (Wildman–Crippen LogP) is 5.06. The maximum atomic E-state index is 14.2. The molecule has 2 heterocycles. The van der Waals surface area contributed by atoms with E-state index < -0.39 is 11.6 Å². The molecule has 0 saturated carbocycles. The molecule has 1 saturated heterocycles. The van der Waals surface area contributed by atoms with Crippen molar-refractivity contribution in [1.29, 1.82) is 0 Å². The minimum absolute atomic E-state index is 0.0978. The summed E-state index contributed by atoms with van der Waals surface area (Å²) in [6.45, 7) is 1.96. The molecule has 1 N–H and O–H groups in total. The lowest BCUT2D eigenvalue weighted by Gasteiger charge is -2.44. The molecule has 7 heteroatoms. The van der Waals surface area contributed by atoms with Gasteiger partial charge in [0.15, 0.2) is 0 Å². The summed E-state index contributed by atoms with van der Waals surface area (Å²) in [5, 5.41) is 6.96. The van der Waals surface area contributed by atoms with Gasteiger partial charge in [-0.2, -0.15) is 11.3 Å². The van der Waals surface area contributed by atoms with Crippen molar-refractivity contribution in [3.63, 3.8) is 0 Å². The highest BCUT2D eigenvalue weighted by molar-refractivity contribution is 7.08. The first-order valence-electron chi connectivity index (χ1n) is 11.1. The van der Waals surface area contributed by atoms with Gasteiger partial charge in [-0.3, -0.25) is 9.69 Å². The minimum atomic E-state index is -0.560. The normalized spacial score (nSPS) is 21.8. The van der Waals surface area contributed by atoms with Crippen LogP contribution in [0.1, 0.15) is 45.9 Å². The van der Waals surface area contributed by atoms with Gasteiger partial charge in [-0.1, -0.05) is 30.3 Å². The Kier molecular flexibility index (Phi) is 6.03. The molecule has 2 aliphatic rings. The number of methoxy groups -OCH3 is 1. The van der Waals surface area contributed by atoms with Gasteiger partial charge in [0.1, 0.15) is 11.6 Å².